The first-order valence-electron chi connectivity index (χ1n) is 5.68. The predicted molar refractivity (Wildman–Crippen MR) is 67.5 cm³/mol. The highest BCUT2D eigenvalue weighted by molar-refractivity contribution is 5.80. The quantitative estimate of drug-likeness (QED) is 0.873. The third kappa shape index (κ3) is 3.44. The number of nitrogens with zero attached hydrogens (tertiary/aromatic N) is 1. The Kier molecular flexibility index (Phi) is 4.49. The third-order valence-corrected chi connectivity index (χ3v) is 2.79. The van der Waals surface area contributed by atoms with Gasteiger partial charge in [-0.3, -0.25) is 4.79 Å². The molecule has 0 aliphatic heterocycles. The van der Waals surface area contributed by atoms with E-state index >= 15 is 0 Å². The van der Waals surface area contributed by atoms with Crippen LogP contribution >= 0.6 is 0 Å². The molecule has 0 aromatic heterocycles. The predicted octanol–water partition coefficient (Wildman–Crippen LogP) is 2.41. The number of carbonyl (C=O) groups excluding carboxylic acids is 1. The van der Waals surface area contributed by atoms with Crippen LogP contribution in [0.25, 0.3) is 0 Å². The highest BCUT2D eigenvalue weighted by Gasteiger charge is 2.12. The van der Waals surface area contributed by atoms with Gasteiger partial charge in [0.25, 0.3) is 0 Å². The van der Waals surface area contributed by atoms with Gasteiger partial charge in [-0.1, -0.05) is 12.1 Å². The van der Waals surface area contributed by atoms with Gasteiger partial charge in [-0.15, -0.1) is 0 Å². The highest BCUT2D eigenvalue weighted by atomic mass is 19.1. The van der Waals surface area contributed by atoms with Crippen molar-refractivity contribution in [3.8, 4) is 0 Å². The lowest BCUT2D eigenvalue weighted by Crippen LogP contribution is -2.37. The largest absolute Gasteiger partial charge is 0.374 e. The second-order valence-corrected chi connectivity index (χ2v) is 4.39. The van der Waals surface area contributed by atoms with Gasteiger partial charge in [-0.25, -0.2) is 4.39 Å². The number of anilines is 1. The summed E-state index contributed by atoms with van der Waals surface area (Å²) >= 11 is 0. The van der Waals surface area contributed by atoms with Crippen LogP contribution in [0.4, 0.5) is 10.1 Å². The van der Waals surface area contributed by atoms with Crippen LogP contribution in [0, 0.1) is 12.7 Å². The Labute approximate surface area is 102 Å². The summed E-state index contributed by atoms with van der Waals surface area (Å²) < 4.78 is 13.6. The van der Waals surface area contributed by atoms with Crippen molar-refractivity contribution in [2.24, 2.45) is 0 Å². The topological polar surface area (TPSA) is 32.3 Å². The monoisotopic (exact) mass is 238 g/mol. The second kappa shape index (κ2) is 5.66. The van der Waals surface area contributed by atoms with Crippen LogP contribution in [0.5, 0.6) is 0 Å². The van der Waals surface area contributed by atoms with Crippen molar-refractivity contribution < 1.29 is 9.18 Å². The number of carbonyl (C=O) groups is 1. The van der Waals surface area contributed by atoms with Gasteiger partial charge in [0.2, 0.25) is 5.91 Å². The molecule has 0 atom stereocenters. The van der Waals surface area contributed by atoms with E-state index in [0.717, 1.165) is 0 Å². The first-order valence-corrected chi connectivity index (χ1v) is 5.68. The van der Waals surface area contributed by atoms with Crippen molar-refractivity contribution in [3.05, 3.63) is 29.6 Å². The fourth-order valence-corrected chi connectivity index (χ4v) is 1.37. The van der Waals surface area contributed by atoms with E-state index < -0.39 is 0 Å². The van der Waals surface area contributed by atoms with Gasteiger partial charge in [0.1, 0.15) is 5.82 Å². The molecule has 1 rings (SSSR count). The molecular weight excluding hydrogens is 219 g/mol. The molecule has 1 amide bonds. The number of amides is 1. The SMILES string of the molecule is Cc1cccc(NCC(=O)N(C)C(C)C)c1F. The Balaban J connectivity index is 2.62. The number of likely N-dealkylation sites (N-methyl/N-ethyl adjacent to an activating group) is 1. The zero-order valence-electron chi connectivity index (χ0n) is 10.7. The van der Waals surface area contributed by atoms with E-state index in [9.17, 15) is 9.18 Å². The van der Waals surface area contributed by atoms with E-state index in [0.29, 0.717) is 11.3 Å². The molecule has 1 aromatic carbocycles. The highest BCUT2D eigenvalue weighted by Crippen LogP contribution is 2.16. The lowest BCUT2D eigenvalue weighted by atomic mass is 10.2. The van der Waals surface area contributed by atoms with Crippen molar-refractivity contribution in [2.45, 2.75) is 26.8 Å². The fraction of sp³-hybridized carbons (Fsp3) is 0.462. The third-order valence-electron chi connectivity index (χ3n) is 2.79. The minimum atomic E-state index is -0.299. The molecule has 0 aliphatic rings. The molecule has 3 nitrogen and oxygen atoms in total. The number of hydrogen-bond donors (Lipinski definition) is 1. The van der Waals surface area contributed by atoms with Gasteiger partial charge < -0.3 is 10.2 Å². The molecule has 4 heteroatoms. The summed E-state index contributed by atoms with van der Waals surface area (Å²) in [5, 5.41) is 2.82. The molecule has 1 N–H and O–H groups in total. The zero-order valence-corrected chi connectivity index (χ0v) is 10.7. The van der Waals surface area contributed by atoms with Crippen LogP contribution < -0.4 is 5.32 Å². The van der Waals surface area contributed by atoms with E-state index in [1.807, 2.05) is 13.8 Å². The minimum Gasteiger partial charge on any atom is -0.374 e. The average molecular weight is 238 g/mol. The summed E-state index contributed by atoms with van der Waals surface area (Å²) in [6.07, 6.45) is 0. The minimum absolute atomic E-state index is 0.0547. The molecule has 0 heterocycles. The molecule has 0 aliphatic carbocycles. The van der Waals surface area contributed by atoms with Crippen LogP contribution in [0.1, 0.15) is 19.4 Å². The number of nitrogens with one attached hydrogen (secondary N) is 1. The Morgan fingerprint density at radius 2 is 2.12 bits per heavy atom. The summed E-state index contributed by atoms with van der Waals surface area (Å²) in [6, 6.07) is 5.23. The van der Waals surface area contributed by atoms with E-state index in [1.54, 1.807) is 37.1 Å². The maximum absolute atomic E-state index is 13.6. The smallest absolute Gasteiger partial charge is 0.241 e. The lowest BCUT2D eigenvalue weighted by molar-refractivity contribution is -0.129. The van der Waals surface area contributed by atoms with Gasteiger partial charge in [-0.05, 0) is 32.4 Å². The summed E-state index contributed by atoms with van der Waals surface area (Å²) in [5.41, 5.74) is 0.940. The number of aryl methyl sites for hydroxylation is 1. The van der Waals surface area contributed by atoms with Gasteiger partial charge in [0, 0.05) is 13.1 Å². The average Bonchev–Trinajstić information content (AvgIpc) is 2.29. The van der Waals surface area contributed by atoms with E-state index in [2.05, 4.69) is 5.32 Å². The molecular formula is C13H19FN2O. The van der Waals surface area contributed by atoms with Crippen molar-refractivity contribution in [1.82, 2.24) is 4.90 Å². The molecule has 0 radical (unpaired) electrons. The molecule has 0 unspecified atom stereocenters. The molecule has 0 saturated carbocycles. The van der Waals surface area contributed by atoms with Crippen molar-refractivity contribution in [2.75, 3.05) is 18.9 Å². The molecule has 0 saturated heterocycles. The number of rotatable bonds is 4. The van der Waals surface area contributed by atoms with E-state index in [1.165, 1.54) is 0 Å². The zero-order chi connectivity index (χ0) is 13.0. The molecule has 0 bridgehead atoms. The summed E-state index contributed by atoms with van der Waals surface area (Å²) in [5.74, 6) is -0.353. The van der Waals surface area contributed by atoms with Gasteiger partial charge in [0.15, 0.2) is 0 Å². The lowest BCUT2D eigenvalue weighted by Gasteiger charge is -2.22. The van der Waals surface area contributed by atoms with Crippen LogP contribution in [0.15, 0.2) is 18.2 Å². The summed E-state index contributed by atoms with van der Waals surface area (Å²) in [6.45, 7) is 5.67. The Morgan fingerprint density at radius 1 is 1.47 bits per heavy atom. The van der Waals surface area contributed by atoms with Gasteiger partial charge >= 0.3 is 0 Å². The van der Waals surface area contributed by atoms with Gasteiger partial charge in [0.05, 0.1) is 12.2 Å². The second-order valence-electron chi connectivity index (χ2n) is 4.39. The first kappa shape index (κ1) is 13.5. The first-order chi connectivity index (χ1) is 7.93. The number of hydrogen-bond acceptors (Lipinski definition) is 2. The Hall–Kier alpha value is -1.58. The molecule has 0 fully saturated rings. The van der Waals surface area contributed by atoms with Crippen molar-refractivity contribution in [1.29, 1.82) is 0 Å². The summed E-state index contributed by atoms with van der Waals surface area (Å²) in [4.78, 5) is 13.3. The van der Waals surface area contributed by atoms with Gasteiger partial charge in [-0.2, -0.15) is 0 Å². The van der Waals surface area contributed by atoms with E-state index in [-0.39, 0.29) is 24.3 Å². The van der Waals surface area contributed by atoms with Crippen LogP contribution in [0.3, 0.4) is 0 Å². The maximum Gasteiger partial charge on any atom is 0.241 e. The van der Waals surface area contributed by atoms with Crippen LogP contribution in [-0.2, 0) is 4.79 Å². The molecule has 1 aromatic rings. The van der Waals surface area contributed by atoms with E-state index in [4.69, 9.17) is 0 Å². The van der Waals surface area contributed by atoms with Crippen LogP contribution in [0.2, 0.25) is 0 Å². The van der Waals surface area contributed by atoms with Crippen molar-refractivity contribution >= 4 is 11.6 Å². The maximum atomic E-state index is 13.6. The molecule has 94 valence electrons. The molecule has 17 heavy (non-hydrogen) atoms. The summed E-state index contributed by atoms with van der Waals surface area (Å²) in [7, 11) is 1.74. The number of halogens is 1. The Morgan fingerprint density at radius 3 is 2.71 bits per heavy atom. The van der Waals surface area contributed by atoms with Crippen molar-refractivity contribution in [3.63, 3.8) is 0 Å². The molecule has 0 spiro atoms. The van der Waals surface area contributed by atoms with Crippen LogP contribution in [-0.4, -0.2) is 30.4 Å². The number of benzene rings is 1. The fourth-order valence-electron chi connectivity index (χ4n) is 1.37. The Bertz CT molecular complexity index is 404. The standard InChI is InChI=1S/C13H19FN2O/c1-9(2)16(4)12(17)8-15-11-7-5-6-10(3)13(11)14/h5-7,9,15H,8H2,1-4H3. The normalized spacial score (nSPS) is 10.5.